The van der Waals surface area contributed by atoms with E-state index in [1.54, 1.807) is 6.07 Å². The smallest absolute Gasteiger partial charge is 0.392 e. The van der Waals surface area contributed by atoms with E-state index in [1.807, 2.05) is 37.3 Å². The van der Waals surface area contributed by atoms with E-state index in [1.165, 1.54) is 0 Å². The van der Waals surface area contributed by atoms with Gasteiger partial charge in [-0.1, -0.05) is 74.7 Å². The van der Waals surface area contributed by atoms with Crippen LogP contribution in [0.2, 0.25) is 0 Å². The molecule has 216 valence electrons. The van der Waals surface area contributed by atoms with Gasteiger partial charge in [-0.2, -0.15) is 26.3 Å². The van der Waals surface area contributed by atoms with Gasteiger partial charge in [0.05, 0.1) is 19.3 Å². The Kier molecular flexibility index (Phi) is 10.3. The number of aliphatic hydroxyl groups is 3. The molecule has 2 aromatic carbocycles. The van der Waals surface area contributed by atoms with Crippen LogP contribution in [-0.4, -0.2) is 33.8 Å². The molecule has 0 spiro atoms. The quantitative estimate of drug-likeness (QED) is 0.271. The molecule has 3 rings (SSSR count). The van der Waals surface area contributed by atoms with E-state index in [4.69, 9.17) is 0 Å². The zero-order valence-corrected chi connectivity index (χ0v) is 22.0. The standard InChI is InChI=1S/C30H36F6O3/c1-2-21-17-25(10-8-22(21)9-11-26(39)27(29(31,32)33)30(34,35)36)28(13-4-3-5-14-28)15-12-20-6-7-23(18-37)24(16-20)19-38/h6-11,16-17,26-27,37-39H,2-5,12-15,18-19H2,1H3. The Hall–Kier alpha value is -2.36. The minimum absolute atomic E-state index is 0.128. The van der Waals surface area contributed by atoms with Gasteiger partial charge in [-0.05, 0) is 70.9 Å². The fourth-order valence-corrected chi connectivity index (χ4v) is 5.72. The molecule has 0 radical (unpaired) electrons. The molecule has 0 aliphatic heterocycles. The van der Waals surface area contributed by atoms with E-state index < -0.39 is 24.4 Å². The molecule has 0 amide bonds. The first-order valence-corrected chi connectivity index (χ1v) is 13.3. The molecule has 1 unspecified atom stereocenters. The van der Waals surface area contributed by atoms with Crippen molar-refractivity contribution in [3.8, 4) is 0 Å². The molecule has 3 N–H and O–H groups in total. The zero-order valence-electron chi connectivity index (χ0n) is 22.0. The summed E-state index contributed by atoms with van der Waals surface area (Å²) >= 11 is 0. The van der Waals surface area contributed by atoms with E-state index in [-0.39, 0.29) is 18.6 Å². The predicted molar refractivity (Wildman–Crippen MR) is 138 cm³/mol. The molecule has 1 fully saturated rings. The van der Waals surface area contributed by atoms with Crippen LogP contribution >= 0.6 is 0 Å². The maximum atomic E-state index is 13.0. The Morgan fingerprint density at radius 3 is 2.05 bits per heavy atom. The van der Waals surface area contributed by atoms with Gasteiger partial charge in [0.25, 0.3) is 0 Å². The van der Waals surface area contributed by atoms with Crippen LogP contribution in [0.25, 0.3) is 6.08 Å². The number of hydrogen-bond donors (Lipinski definition) is 3. The SMILES string of the molecule is CCc1cc(C2(CCc3ccc(CO)c(CO)c3)CCCCC2)ccc1C=CC(O)C(C(F)(F)F)C(F)(F)F. The van der Waals surface area contributed by atoms with Crippen molar-refractivity contribution >= 4 is 6.08 Å². The summed E-state index contributed by atoms with van der Waals surface area (Å²) < 4.78 is 77.9. The lowest BCUT2D eigenvalue weighted by Gasteiger charge is -2.39. The second kappa shape index (κ2) is 12.9. The van der Waals surface area contributed by atoms with Crippen LogP contribution in [0.3, 0.4) is 0 Å². The van der Waals surface area contributed by atoms with Gasteiger partial charge in [-0.25, -0.2) is 0 Å². The van der Waals surface area contributed by atoms with Gasteiger partial charge < -0.3 is 15.3 Å². The van der Waals surface area contributed by atoms with E-state index in [0.717, 1.165) is 67.7 Å². The first kappa shape index (κ1) is 31.2. The summed E-state index contributed by atoms with van der Waals surface area (Å²) in [5.74, 6) is -3.85. The van der Waals surface area contributed by atoms with Gasteiger partial charge in [0, 0.05) is 0 Å². The van der Waals surface area contributed by atoms with Crippen molar-refractivity contribution in [2.75, 3.05) is 0 Å². The number of aliphatic hydroxyl groups excluding tert-OH is 3. The van der Waals surface area contributed by atoms with Gasteiger partial charge in [-0.3, -0.25) is 0 Å². The lowest BCUT2D eigenvalue weighted by atomic mass is 9.66. The molecule has 1 saturated carbocycles. The lowest BCUT2D eigenvalue weighted by molar-refractivity contribution is -0.300. The Morgan fingerprint density at radius 1 is 0.846 bits per heavy atom. The van der Waals surface area contributed by atoms with Crippen LogP contribution < -0.4 is 0 Å². The molecule has 0 saturated heterocycles. The third-order valence-electron chi connectivity index (χ3n) is 7.97. The highest BCUT2D eigenvalue weighted by molar-refractivity contribution is 5.56. The third-order valence-corrected chi connectivity index (χ3v) is 7.97. The van der Waals surface area contributed by atoms with E-state index in [2.05, 4.69) is 0 Å². The molecule has 9 heteroatoms. The first-order chi connectivity index (χ1) is 18.3. The molecule has 39 heavy (non-hydrogen) atoms. The van der Waals surface area contributed by atoms with Crippen molar-refractivity contribution in [1.82, 2.24) is 0 Å². The number of halogens is 6. The minimum atomic E-state index is -5.62. The summed E-state index contributed by atoms with van der Waals surface area (Å²) in [5.41, 5.74) is 4.65. The molecule has 1 aliphatic carbocycles. The topological polar surface area (TPSA) is 60.7 Å². The average molecular weight is 559 g/mol. The van der Waals surface area contributed by atoms with E-state index in [9.17, 15) is 41.7 Å². The molecule has 1 atom stereocenters. The second-order valence-electron chi connectivity index (χ2n) is 10.4. The monoisotopic (exact) mass is 558 g/mol. The summed E-state index contributed by atoms with van der Waals surface area (Å²) in [5, 5.41) is 28.9. The molecular formula is C30H36F6O3. The Balaban J connectivity index is 1.87. The highest BCUT2D eigenvalue weighted by atomic mass is 19.4. The number of alkyl halides is 6. The fourth-order valence-electron chi connectivity index (χ4n) is 5.72. The number of hydrogen-bond acceptors (Lipinski definition) is 3. The molecule has 0 bridgehead atoms. The van der Waals surface area contributed by atoms with Crippen LogP contribution in [0, 0.1) is 5.92 Å². The number of benzene rings is 2. The summed E-state index contributed by atoms with van der Waals surface area (Å²) in [6, 6.07) is 11.3. The normalized spacial score (nSPS) is 17.2. The van der Waals surface area contributed by atoms with Crippen molar-refractivity contribution in [2.24, 2.45) is 5.92 Å². The summed E-state index contributed by atoms with van der Waals surface area (Å²) in [7, 11) is 0. The van der Waals surface area contributed by atoms with E-state index in [0.29, 0.717) is 29.2 Å². The molecule has 2 aromatic rings. The summed E-state index contributed by atoms with van der Waals surface area (Å²) in [6.07, 6.45) is -5.01. The van der Waals surface area contributed by atoms with Crippen LogP contribution in [0.4, 0.5) is 26.3 Å². The van der Waals surface area contributed by atoms with Crippen LogP contribution in [-0.2, 0) is 31.5 Å². The predicted octanol–water partition coefficient (Wildman–Crippen LogP) is 7.18. The molecule has 0 heterocycles. The summed E-state index contributed by atoms with van der Waals surface area (Å²) in [4.78, 5) is 0. The molecular weight excluding hydrogens is 522 g/mol. The average Bonchev–Trinajstić information content (AvgIpc) is 2.89. The van der Waals surface area contributed by atoms with Crippen molar-refractivity contribution in [1.29, 1.82) is 0 Å². The Bertz CT molecular complexity index is 1100. The lowest BCUT2D eigenvalue weighted by Crippen LogP contribution is -2.44. The number of aryl methyl sites for hydroxylation is 2. The number of rotatable bonds is 10. The molecule has 0 aromatic heterocycles. The Morgan fingerprint density at radius 2 is 1.49 bits per heavy atom. The van der Waals surface area contributed by atoms with Crippen molar-refractivity contribution in [2.45, 2.75) is 95.4 Å². The van der Waals surface area contributed by atoms with Crippen LogP contribution in [0.15, 0.2) is 42.5 Å². The summed E-state index contributed by atoms with van der Waals surface area (Å²) in [6.45, 7) is 1.56. The zero-order chi connectivity index (χ0) is 28.8. The van der Waals surface area contributed by atoms with Gasteiger partial charge in [-0.15, -0.1) is 0 Å². The first-order valence-electron chi connectivity index (χ1n) is 13.3. The van der Waals surface area contributed by atoms with Crippen molar-refractivity contribution in [3.05, 3.63) is 75.9 Å². The highest BCUT2D eigenvalue weighted by Crippen LogP contribution is 2.44. The van der Waals surface area contributed by atoms with Gasteiger partial charge in [0.2, 0.25) is 0 Å². The largest absolute Gasteiger partial charge is 0.403 e. The van der Waals surface area contributed by atoms with Crippen molar-refractivity contribution in [3.63, 3.8) is 0 Å². The minimum Gasteiger partial charge on any atom is -0.392 e. The van der Waals surface area contributed by atoms with Gasteiger partial charge in [0.1, 0.15) is 0 Å². The molecule has 1 aliphatic rings. The highest BCUT2D eigenvalue weighted by Gasteiger charge is 2.59. The van der Waals surface area contributed by atoms with Crippen molar-refractivity contribution < 1.29 is 41.7 Å². The van der Waals surface area contributed by atoms with Crippen LogP contribution in [0.1, 0.15) is 78.8 Å². The maximum absolute atomic E-state index is 13.0. The van der Waals surface area contributed by atoms with Gasteiger partial charge in [0.15, 0.2) is 5.92 Å². The Labute approximate surface area is 225 Å². The maximum Gasteiger partial charge on any atom is 0.403 e. The molecule has 3 nitrogen and oxygen atoms in total. The van der Waals surface area contributed by atoms with E-state index >= 15 is 0 Å². The second-order valence-corrected chi connectivity index (χ2v) is 10.4. The van der Waals surface area contributed by atoms with Crippen LogP contribution in [0.5, 0.6) is 0 Å². The fraction of sp³-hybridized carbons (Fsp3) is 0.533. The van der Waals surface area contributed by atoms with Gasteiger partial charge >= 0.3 is 12.4 Å². The third kappa shape index (κ3) is 7.64.